The first-order valence-electron chi connectivity index (χ1n) is 8.46. The molecular weight excluding hydrogens is 429 g/mol. The van der Waals surface area contributed by atoms with E-state index in [-0.39, 0.29) is 24.0 Å². The van der Waals surface area contributed by atoms with Gasteiger partial charge >= 0.3 is 0 Å². The van der Waals surface area contributed by atoms with Crippen molar-refractivity contribution in [3.05, 3.63) is 48.3 Å². The molecule has 1 aromatic carbocycles. The largest absolute Gasteiger partial charge is 0.494 e. The van der Waals surface area contributed by atoms with Crippen LogP contribution in [0, 0.1) is 0 Å². The lowest BCUT2D eigenvalue weighted by Gasteiger charge is -2.13. The van der Waals surface area contributed by atoms with Gasteiger partial charge in [0.1, 0.15) is 5.75 Å². The highest BCUT2D eigenvalue weighted by Crippen LogP contribution is 2.17. The zero-order valence-corrected chi connectivity index (χ0v) is 17.3. The number of para-hydroxylation sites is 1. The first kappa shape index (κ1) is 21.3. The van der Waals surface area contributed by atoms with Crippen molar-refractivity contribution in [2.24, 2.45) is 4.99 Å². The van der Waals surface area contributed by atoms with Crippen LogP contribution in [0.2, 0.25) is 0 Å². The number of hydrogen-bond acceptors (Lipinski definition) is 3. The number of aliphatic imine (C=N–C) groups is 1. The van der Waals surface area contributed by atoms with Crippen LogP contribution < -0.4 is 15.4 Å². The third-order valence-corrected chi connectivity index (χ3v) is 3.60. The average Bonchev–Trinajstić information content (AvgIpc) is 3.12. The summed E-state index contributed by atoms with van der Waals surface area (Å²) in [6.45, 7) is 5.25. The number of nitrogens with one attached hydrogen (secondary N) is 2. The fourth-order valence-electron chi connectivity index (χ4n) is 2.42. The van der Waals surface area contributed by atoms with Gasteiger partial charge in [-0.15, -0.1) is 24.0 Å². The van der Waals surface area contributed by atoms with E-state index in [1.807, 2.05) is 42.1 Å². The Bertz CT molecular complexity index is 616. The molecule has 0 spiro atoms. The maximum atomic E-state index is 5.65. The van der Waals surface area contributed by atoms with Crippen LogP contribution in [0.25, 0.3) is 0 Å². The monoisotopic (exact) mass is 457 g/mol. The predicted octanol–water partition coefficient (Wildman–Crippen LogP) is 2.70. The van der Waals surface area contributed by atoms with E-state index in [1.165, 1.54) is 5.56 Å². The molecule has 0 aliphatic heterocycles. The minimum atomic E-state index is 0. The Labute approximate surface area is 167 Å². The highest BCUT2D eigenvalue weighted by molar-refractivity contribution is 14.0. The number of benzene rings is 1. The van der Waals surface area contributed by atoms with Crippen molar-refractivity contribution in [2.75, 3.05) is 26.7 Å². The van der Waals surface area contributed by atoms with Crippen LogP contribution in [0.15, 0.2) is 47.7 Å². The first-order chi connectivity index (χ1) is 11.8. The highest BCUT2D eigenvalue weighted by atomic mass is 127. The van der Waals surface area contributed by atoms with E-state index in [2.05, 4.69) is 26.8 Å². The second kappa shape index (κ2) is 12.6. The molecule has 1 heterocycles. The van der Waals surface area contributed by atoms with Crippen LogP contribution in [0.5, 0.6) is 5.75 Å². The molecule has 0 aliphatic carbocycles. The Morgan fingerprint density at radius 1 is 1.20 bits per heavy atom. The molecule has 0 saturated heterocycles. The van der Waals surface area contributed by atoms with E-state index in [0.717, 1.165) is 44.2 Å². The fourth-order valence-corrected chi connectivity index (χ4v) is 2.42. The minimum absolute atomic E-state index is 0. The van der Waals surface area contributed by atoms with Gasteiger partial charge in [0.2, 0.25) is 0 Å². The molecule has 7 heteroatoms. The molecule has 2 aromatic rings. The van der Waals surface area contributed by atoms with E-state index >= 15 is 0 Å². The zero-order valence-electron chi connectivity index (χ0n) is 14.9. The summed E-state index contributed by atoms with van der Waals surface area (Å²) in [5.41, 5.74) is 1.21. The van der Waals surface area contributed by atoms with Gasteiger partial charge in [-0.1, -0.05) is 18.2 Å². The molecule has 0 atom stereocenters. The van der Waals surface area contributed by atoms with Gasteiger partial charge in [-0.3, -0.25) is 9.67 Å². The number of guanidine groups is 1. The molecule has 6 nitrogen and oxygen atoms in total. The molecule has 25 heavy (non-hydrogen) atoms. The van der Waals surface area contributed by atoms with Crippen LogP contribution in [-0.2, 0) is 13.0 Å². The van der Waals surface area contributed by atoms with Crippen molar-refractivity contribution in [3.8, 4) is 5.75 Å². The topological polar surface area (TPSA) is 63.5 Å². The molecular formula is C18H28IN5O. The van der Waals surface area contributed by atoms with Crippen molar-refractivity contribution in [3.63, 3.8) is 0 Å². The third kappa shape index (κ3) is 7.76. The van der Waals surface area contributed by atoms with Crippen molar-refractivity contribution < 1.29 is 4.74 Å². The van der Waals surface area contributed by atoms with E-state index in [0.29, 0.717) is 6.61 Å². The van der Waals surface area contributed by atoms with Crippen LogP contribution in [0.4, 0.5) is 0 Å². The fraction of sp³-hybridized carbons (Fsp3) is 0.444. The Kier molecular flexibility index (Phi) is 10.7. The molecule has 0 aliphatic rings. The Morgan fingerprint density at radius 3 is 2.72 bits per heavy atom. The maximum absolute atomic E-state index is 5.65. The first-order valence-corrected chi connectivity index (χ1v) is 8.46. The van der Waals surface area contributed by atoms with Crippen molar-refractivity contribution in [1.82, 2.24) is 20.4 Å². The molecule has 1 aromatic heterocycles. The summed E-state index contributed by atoms with van der Waals surface area (Å²) in [5.74, 6) is 1.79. The lowest BCUT2D eigenvalue weighted by Crippen LogP contribution is -2.39. The number of rotatable bonds is 9. The minimum Gasteiger partial charge on any atom is -0.494 e. The van der Waals surface area contributed by atoms with E-state index in [4.69, 9.17) is 4.74 Å². The van der Waals surface area contributed by atoms with Gasteiger partial charge in [0.05, 0.1) is 6.61 Å². The number of hydrogen-bond donors (Lipinski definition) is 2. The van der Waals surface area contributed by atoms with E-state index in [1.54, 1.807) is 13.2 Å². The van der Waals surface area contributed by atoms with Gasteiger partial charge in [-0.25, -0.2) is 0 Å². The Morgan fingerprint density at radius 2 is 2.00 bits per heavy atom. The molecule has 0 fully saturated rings. The lowest BCUT2D eigenvalue weighted by atomic mass is 10.1. The number of halogens is 1. The molecule has 2 rings (SSSR count). The summed E-state index contributed by atoms with van der Waals surface area (Å²) in [7, 11) is 1.79. The normalized spacial score (nSPS) is 10.9. The summed E-state index contributed by atoms with van der Waals surface area (Å²) in [5, 5.41) is 10.9. The van der Waals surface area contributed by atoms with Crippen LogP contribution in [0.1, 0.15) is 18.9 Å². The van der Waals surface area contributed by atoms with Crippen LogP contribution in [0.3, 0.4) is 0 Å². The van der Waals surface area contributed by atoms with Gasteiger partial charge in [0, 0.05) is 39.1 Å². The standard InChI is InChI=1S/C18H27N5O.HI/c1-3-24-17-9-5-4-8-16(17)10-13-21-18(19-2)20-11-6-14-23-15-7-12-22-23;/h4-5,7-9,12,15H,3,6,10-11,13-14H2,1-2H3,(H2,19,20,21);1H. The van der Waals surface area contributed by atoms with Crippen molar-refractivity contribution >= 4 is 29.9 Å². The number of aryl methyl sites for hydroxylation is 1. The van der Waals surface area contributed by atoms with Gasteiger partial charge in [0.15, 0.2) is 5.96 Å². The lowest BCUT2D eigenvalue weighted by molar-refractivity contribution is 0.336. The summed E-state index contributed by atoms with van der Waals surface area (Å²) >= 11 is 0. The van der Waals surface area contributed by atoms with Gasteiger partial charge in [0.25, 0.3) is 0 Å². The molecule has 0 radical (unpaired) electrons. The highest BCUT2D eigenvalue weighted by Gasteiger charge is 2.03. The predicted molar refractivity (Wildman–Crippen MR) is 113 cm³/mol. The second-order valence-electron chi connectivity index (χ2n) is 5.34. The van der Waals surface area contributed by atoms with E-state index in [9.17, 15) is 0 Å². The molecule has 0 bridgehead atoms. The third-order valence-electron chi connectivity index (χ3n) is 3.60. The molecule has 0 saturated carbocycles. The Hall–Kier alpha value is -1.77. The Balaban J connectivity index is 0.00000312. The van der Waals surface area contributed by atoms with Gasteiger partial charge in [-0.05, 0) is 37.5 Å². The molecule has 138 valence electrons. The average molecular weight is 457 g/mol. The van der Waals surface area contributed by atoms with E-state index < -0.39 is 0 Å². The van der Waals surface area contributed by atoms with Gasteiger partial charge in [-0.2, -0.15) is 5.10 Å². The number of nitrogens with zero attached hydrogens (tertiary/aromatic N) is 3. The summed E-state index contributed by atoms with van der Waals surface area (Å²) in [6, 6.07) is 10.1. The summed E-state index contributed by atoms with van der Waals surface area (Å²) in [6.07, 6.45) is 5.66. The second-order valence-corrected chi connectivity index (χ2v) is 5.34. The molecule has 0 unspecified atom stereocenters. The number of aromatic nitrogens is 2. The van der Waals surface area contributed by atoms with Crippen molar-refractivity contribution in [1.29, 1.82) is 0 Å². The van der Waals surface area contributed by atoms with Gasteiger partial charge < -0.3 is 15.4 Å². The maximum Gasteiger partial charge on any atom is 0.190 e. The van der Waals surface area contributed by atoms with Crippen LogP contribution in [-0.4, -0.2) is 42.5 Å². The molecule has 0 amide bonds. The summed E-state index contributed by atoms with van der Waals surface area (Å²) < 4.78 is 7.59. The molecule has 2 N–H and O–H groups in total. The van der Waals surface area contributed by atoms with Crippen LogP contribution >= 0.6 is 24.0 Å². The zero-order chi connectivity index (χ0) is 17.0. The quantitative estimate of drug-likeness (QED) is 0.263. The summed E-state index contributed by atoms with van der Waals surface area (Å²) in [4.78, 5) is 4.25. The SMILES string of the molecule is CCOc1ccccc1CCNC(=NC)NCCCn1cccn1.I. The number of ether oxygens (including phenoxy) is 1. The smallest absolute Gasteiger partial charge is 0.190 e. The van der Waals surface area contributed by atoms with Crippen molar-refractivity contribution in [2.45, 2.75) is 26.3 Å².